The molecule has 0 heterocycles. The van der Waals surface area contributed by atoms with Gasteiger partial charge in [0.15, 0.2) is 23.0 Å². The summed E-state index contributed by atoms with van der Waals surface area (Å²) in [6, 6.07) is 15.4. The van der Waals surface area contributed by atoms with Crippen molar-refractivity contribution in [3.63, 3.8) is 0 Å². The fraction of sp³-hybridized carbons (Fsp3) is 0.250. The smallest absolute Gasteiger partial charge is 0.157 e. The van der Waals surface area contributed by atoms with Crippen molar-refractivity contribution in [2.24, 2.45) is 11.5 Å². The minimum Gasteiger partial charge on any atom is -0.504 e. The van der Waals surface area contributed by atoms with Gasteiger partial charge >= 0.3 is 0 Å². The Hall–Kier alpha value is -3.37. The van der Waals surface area contributed by atoms with Crippen molar-refractivity contribution >= 4 is 0 Å². The molecule has 33 heavy (non-hydrogen) atoms. The van der Waals surface area contributed by atoms with Crippen LogP contribution in [0.15, 0.2) is 60.7 Å². The molecule has 0 bridgehead atoms. The van der Waals surface area contributed by atoms with E-state index in [-0.39, 0.29) is 35.2 Å². The lowest BCUT2D eigenvalue weighted by Crippen LogP contribution is -2.57. The van der Waals surface area contributed by atoms with Crippen molar-refractivity contribution in [1.82, 2.24) is 10.6 Å². The Morgan fingerprint density at radius 1 is 0.667 bits per heavy atom. The van der Waals surface area contributed by atoms with Crippen LogP contribution in [0.1, 0.15) is 16.7 Å². The first-order valence-electron chi connectivity index (χ1n) is 10.5. The summed E-state index contributed by atoms with van der Waals surface area (Å²) >= 11 is 0. The van der Waals surface area contributed by atoms with Crippen LogP contribution < -0.4 is 22.1 Å². The molecule has 10 N–H and O–H groups in total. The summed E-state index contributed by atoms with van der Waals surface area (Å²) < 4.78 is 14.0. The number of hydrogen-bond acceptors (Lipinski definition) is 8. The summed E-state index contributed by atoms with van der Waals surface area (Å²) in [5.74, 6) is -1.26. The van der Waals surface area contributed by atoms with Gasteiger partial charge in [-0.2, -0.15) is 0 Å². The normalized spacial score (nSPS) is 14.0. The zero-order chi connectivity index (χ0) is 24.0. The lowest BCUT2D eigenvalue weighted by atomic mass is 10.1. The van der Waals surface area contributed by atoms with Crippen LogP contribution in [0.3, 0.4) is 0 Å². The molecule has 0 saturated heterocycles. The van der Waals surface area contributed by atoms with Crippen LogP contribution in [-0.2, 0) is 19.3 Å². The molecule has 3 atom stereocenters. The van der Waals surface area contributed by atoms with Crippen molar-refractivity contribution in [1.29, 1.82) is 0 Å². The molecule has 3 aromatic rings. The maximum absolute atomic E-state index is 14.0. The van der Waals surface area contributed by atoms with E-state index in [4.69, 9.17) is 11.5 Å². The van der Waals surface area contributed by atoms with Gasteiger partial charge in [-0.05, 0) is 47.0 Å². The SMILES string of the molecule is NC(Cc1ccc(O)c(O)c1)NC(Cc1ccc(O)c(O)c1)NC(N)Cc1ccccc1F. The van der Waals surface area contributed by atoms with E-state index in [2.05, 4.69) is 10.6 Å². The molecule has 9 heteroatoms. The molecule has 3 unspecified atom stereocenters. The molecule has 0 radical (unpaired) electrons. The molecule has 0 amide bonds. The van der Waals surface area contributed by atoms with Crippen LogP contribution in [0.25, 0.3) is 0 Å². The van der Waals surface area contributed by atoms with Crippen LogP contribution >= 0.6 is 0 Å². The molecule has 176 valence electrons. The Kier molecular flexibility index (Phi) is 8.07. The second kappa shape index (κ2) is 11.0. The predicted molar refractivity (Wildman–Crippen MR) is 123 cm³/mol. The Morgan fingerprint density at radius 2 is 1.18 bits per heavy atom. The van der Waals surface area contributed by atoms with E-state index in [9.17, 15) is 24.8 Å². The third-order valence-corrected chi connectivity index (χ3v) is 5.20. The van der Waals surface area contributed by atoms with Gasteiger partial charge in [-0.15, -0.1) is 0 Å². The zero-order valence-electron chi connectivity index (χ0n) is 17.9. The Bertz CT molecular complexity index is 1080. The molecule has 0 aliphatic rings. The number of benzene rings is 3. The first-order chi connectivity index (χ1) is 15.7. The number of rotatable bonds is 10. The van der Waals surface area contributed by atoms with Crippen LogP contribution in [0, 0.1) is 5.82 Å². The van der Waals surface area contributed by atoms with Gasteiger partial charge in [0.05, 0.1) is 18.5 Å². The van der Waals surface area contributed by atoms with Gasteiger partial charge in [-0.3, -0.25) is 10.6 Å². The summed E-state index contributed by atoms with van der Waals surface area (Å²) in [4.78, 5) is 0. The Balaban J connectivity index is 1.71. The van der Waals surface area contributed by atoms with Crippen molar-refractivity contribution < 1.29 is 24.8 Å². The number of phenols is 4. The van der Waals surface area contributed by atoms with Crippen LogP contribution in [0.5, 0.6) is 23.0 Å². The van der Waals surface area contributed by atoms with Crippen molar-refractivity contribution in [3.8, 4) is 23.0 Å². The summed E-state index contributed by atoms with van der Waals surface area (Å²) in [5.41, 5.74) is 14.4. The Morgan fingerprint density at radius 3 is 1.73 bits per heavy atom. The highest BCUT2D eigenvalue weighted by atomic mass is 19.1. The van der Waals surface area contributed by atoms with E-state index in [0.717, 1.165) is 0 Å². The molecular weight excluding hydrogens is 427 g/mol. The number of aromatic hydroxyl groups is 4. The molecule has 0 aliphatic heterocycles. The standard InChI is InChI=1S/C24H29FN4O4/c25-17-4-2-1-3-16(17)13-23(27)29-24(12-15-6-8-19(31)21(33)10-15)28-22(26)11-14-5-7-18(30)20(32)9-14/h1-10,22-24,28-33H,11-13,26-27H2. The Labute approximate surface area is 191 Å². The molecule has 0 saturated carbocycles. The first kappa shape index (κ1) is 24.3. The van der Waals surface area contributed by atoms with E-state index >= 15 is 0 Å². The number of hydrogen-bond donors (Lipinski definition) is 8. The quantitative estimate of drug-likeness (QED) is 0.169. The molecular formula is C24H29FN4O4. The van der Waals surface area contributed by atoms with Gasteiger partial charge in [0.2, 0.25) is 0 Å². The van der Waals surface area contributed by atoms with Gasteiger partial charge in [-0.1, -0.05) is 30.3 Å². The van der Waals surface area contributed by atoms with E-state index in [0.29, 0.717) is 29.5 Å². The minimum absolute atomic E-state index is 0.217. The average molecular weight is 457 g/mol. The summed E-state index contributed by atoms with van der Waals surface area (Å²) in [6.07, 6.45) is -0.681. The van der Waals surface area contributed by atoms with E-state index in [1.54, 1.807) is 30.3 Å². The monoisotopic (exact) mass is 456 g/mol. The fourth-order valence-electron chi connectivity index (χ4n) is 3.58. The highest BCUT2D eigenvalue weighted by Crippen LogP contribution is 2.26. The topological polar surface area (TPSA) is 157 Å². The maximum atomic E-state index is 14.0. The lowest BCUT2D eigenvalue weighted by Gasteiger charge is -2.28. The number of halogens is 1. The number of nitrogens with two attached hydrogens (primary N) is 2. The highest BCUT2D eigenvalue weighted by Gasteiger charge is 2.18. The first-order valence-corrected chi connectivity index (χ1v) is 10.5. The van der Waals surface area contributed by atoms with Gasteiger partial charge in [-0.25, -0.2) is 4.39 Å². The second-order valence-corrected chi connectivity index (χ2v) is 7.95. The molecule has 3 aromatic carbocycles. The highest BCUT2D eigenvalue weighted by molar-refractivity contribution is 5.41. The van der Waals surface area contributed by atoms with Gasteiger partial charge < -0.3 is 31.9 Å². The number of nitrogens with one attached hydrogen (secondary N) is 2. The fourth-order valence-corrected chi connectivity index (χ4v) is 3.58. The van der Waals surface area contributed by atoms with E-state index in [1.165, 1.54) is 30.3 Å². The molecule has 3 rings (SSSR count). The molecule has 0 spiro atoms. The minimum atomic E-state index is -0.602. The predicted octanol–water partition coefficient (Wildman–Crippen LogP) is 1.75. The largest absolute Gasteiger partial charge is 0.504 e. The zero-order valence-corrected chi connectivity index (χ0v) is 17.9. The van der Waals surface area contributed by atoms with E-state index < -0.39 is 18.5 Å². The van der Waals surface area contributed by atoms with Crippen LogP contribution in [0.4, 0.5) is 4.39 Å². The maximum Gasteiger partial charge on any atom is 0.157 e. The summed E-state index contributed by atoms with van der Waals surface area (Å²) in [6.45, 7) is 0. The average Bonchev–Trinajstić information content (AvgIpc) is 2.75. The summed E-state index contributed by atoms with van der Waals surface area (Å²) in [7, 11) is 0. The van der Waals surface area contributed by atoms with Crippen molar-refractivity contribution in [2.45, 2.75) is 37.8 Å². The lowest BCUT2D eigenvalue weighted by molar-refractivity contribution is 0.330. The molecule has 8 nitrogen and oxygen atoms in total. The third kappa shape index (κ3) is 7.06. The van der Waals surface area contributed by atoms with Gasteiger partial charge in [0, 0.05) is 19.3 Å². The van der Waals surface area contributed by atoms with Gasteiger partial charge in [0.1, 0.15) is 5.82 Å². The van der Waals surface area contributed by atoms with Gasteiger partial charge in [0.25, 0.3) is 0 Å². The van der Waals surface area contributed by atoms with Crippen LogP contribution in [-0.4, -0.2) is 38.9 Å². The third-order valence-electron chi connectivity index (χ3n) is 5.20. The van der Waals surface area contributed by atoms with E-state index in [1.807, 2.05) is 0 Å². The summed E-state index contributed by atoms with van der Waals surface area (Å²) in [5, 5.41) is 45.0. The molecule has 0 aromatic heterocycles. The van der Waals surface area contributed by atoms with Crippen molar-refractivity contribution in [2.75, 3.05) is 0 Å². The van der Waals surface area contributed by atoms with Crippen LogP contribution in [0.2, 0.25) is 0 Å². The molecule has 0 aliphatic carbocycles. The van der Waals surface area contributed by atoms with Crippen molar-refractivity contribution in [3.05, 3.63) is 83.2 Å². The second-order valence-electron chi connectivity index (χ2n) is 7.95. The molecule has 0 fully saturated rings. The number of phenolic OH excluding ortho intramolecular Hbond substituents is 4.